The Bertz CT molecular complexity index is 986. The van der Waals surface area contributed by atoms with Crippen molar-refractivity contribution in [2.75, 3.05) is 26.2 Å². The number of piperazine rings is 1. The van der Waals surface area contributed by atoms with Gasteiger partial charge in [-0.3, -0.25) is 9.69 Å². The topological polar surface area (TPSA) is 45.1 Å². The molecule has 1 amide bonds. The number of halogens is 3. The van der Waals surface area contributed by atoms with E-state index >= 15 is 0 Å². The van der Waals surface area contributed by atoms with Gasteiger partial charge in [0, 0.05) is 32.7 Å². The van der Waals surface area contributed by atoms with Crippen LogP contribution in [0.15, 0.2) is 58.4 Å². The molecule has 2 heterocycles. The predicted octanol–water partition coefficient (Wildman–Crippen LogP) is 4.22. The highest BCUT2D eigenvalue weighted by molar-refractivity contribution is 8.18. The van der Waals surface area contributed by atoms with Crippen LogP contribution >= 0.6 is 11.8 Å². The third-order valence-electron chi connectivity index (χ3n) is 4.97. The number of alkyl halides is 2. The van der Waals surface area contributed by atoms with Crippen LogP contribution in [0.4, 0.5) is 13.2 Å². The molecule has 162 valence electrons. The third kappa shape index (κ3) is 5.68. The molecule has 0 bridgehead atoms. The molecule has 31 heavy (non-hydrogen) atoms. The molecule has 0 unspecified atom stereocenters. The Balaban J connectivity index is 1.31. The Morgan fingerprint density at radius 2 is 1.71 bits per heavy atom. The zero-order valence-electron chi connectivity index (χ0n) is 16.5. The highest BCUT2D eigenvalue weighted by Gasteiger charge is 2.28. The molecule has 2 aromatic rings. The lowest BCUT2D eigenvalue weighted by atomic mass is 10.2. The molecule has 0 aliphatic carbocycles. The summed E-state index contributed by atoms with van der Waals surface area (Å²) in [5.41, 5.74) is 1.77. The Kier molecular flexibility index (Phi) is 6.62. The number of benzene rings is 2. The van der Waals surface area contributed by atoms with Crippen LogP contribution in [0, 0.1) is 5.82 Å². The first-order chi connectivity index (χ1) is 15.0. The smallest absolute Gasteiger partial charge is 0.387 e. The number of rotatable bonds is 5. The summed E-state index contributed by atoms with van der Waals surface area (Å²) in [5.74, 6) is -0.476. The molecule has 0 spiro atoms. The van der Waals surface area contributed by atoms with Crippen molar-refractivity contribution in [3.05, 3.63) is 70.4 Å². The summed E-state index contributed by atoms with van der Waals surface area (Å²) >= 11 is 1.32. The molecule has 1 fully saturated rings. The van der Waals surface area contributed by atoms with E-state index in [1.165, 1.54) is 36.0 Å². The summed E-state index contributed by atoms with van der Waals surface area (Å²) in [6.07, 6.45) is 1.69. The van der Waals surface area contributed by atoms with Gasteiger partial charge in [0.1, 0.15) is 11.6 Å². The van der Waals surface area contributed by atoms with Crippen LogP contribution in [0.5, 0.6) is 5.75 Å². The molecule has 0 saturated carbocycles. The Labute approximate surface area is 182 Å². The predicted molar refractivity (Wildman–Crippen MR) is 114 cm³/mol. The molecule has 1 saturated heterocycles. The SMILES string of the molecule is O=C1N=C(N2CCN(Cc3ccc(F)cc3)CC2)S/C1=C/c1ccc(OC(F)F)cc1. The van der Waals surface area contributed by atoms with Gasteiger partial charge in [0.05, 0.1) is 4.91 Å². The first-order valence-corrected chi connectivity index (χ1v) is 10.6. The summed E-state index contributed by atoms with van der Waals surface area (Å²) in [7, 11) is 0. The molecule has 0 aromatic heterocycles. The second-order valence-corrected chi connectivity index (χ2v) is 8.16. The molecular weight excluding hydrogens is 427 g/mol. The fourth-order valence-electron chi connectivity index (χ4n) is 3.38. The van der Waals surface area contributed by atoms with Gasteiger partial charge >= 0.3 is 6.61 Å². The van der Waals surface area contributed by atoms with E-state index in [1.807, 2.05) is 0 Å². The minimum atomic E-state index is -2.87. The molecular formula is C22H20F3N3O2S. The van der Waals surface area contributed by atoms with E-state index in [4.69, 9.17) is 0 Å². The van der Waals surface area contributed by atoms with Crippen molar-refractivity contribution in [2.45, 2.75) is 13.2 Å². The first-order valence-electron chi connectivity index (χ1n) is 9.75. The number of amides is 1. The van der Waals surface area contributed by atoms with Crippen LogP contribution in [0.2, 0.25) is 0 Å². The van der Waals surface area contributed by atoms with Crippen molar-refractivity contribution >= 4 is 28.9 Å². The van der Waals surface area contributed by atoms with Crippen molar-refractivity contribution < 1.29 is 22.7 Å². The molecule has 0 radical (unpaired) electrons. The maximum atomic E-state index is 13.1. The van der Waals surface area contributed by atoms with Crippen LogP contribution in [-0.4, -0.2) is 53.7 Å². The number of hydrogen-bond acceptors (Lipinski definition) is 5. The second-order valence-electron chi connectivity index (χ2n) is 7.15. The molecule has 5 nitrogen and oxygen atoms in total. The fourth-order valence-corrected chi connectivity index (χ4v) is 4.34. The van der Waals surface area contributed by atoms with Crippen LogP contribution in [0.3, 0.4) is 0 Å². The van der Waals surface area contributed by atoms with Crippen molar-refractivity contribution in [2.24, 2.45) is 4.99 Å². The lowest BCUT2D eigenvalue weighted by Crippen LogP contribution is -2.47. The lowest BCUT2D eigenvalue weighted by Gasteiger charge is -2.35. The van der Waals surface area contributed by atoms with Crippen LogP contribution < -0.4 is 4.74 Å². The lowest BCUT2D eigenvalue weighted by molar-refractivity contribution is -0.113. The van der Waals surface area contributed by atoms with Crippen molar-refractivity contribution in [1.82, 2.24) is 9.80 Å². The number of hydrogen-bond donors (Lipinski definition) is 0. The van der Waals surface area contributed by atoms with Gasteiger partial charge in [-0.05, 0) is 53.2 Å². The molecule has 0 N–H and O–H groups in total. The van der Waals surface area contributed by atoms with Gasteiger partial charge in [0.15, 0.2) is 5.17 Å². The van der Waals surface area contributed by atoms with E-state index in [0.717, 1.165) is 38.3 Å². The highest BCUT2D eigenvalue weighted by Crippen LogP contribution is 2.31. The van der Waals surface area contributed by atoms with Crippen molar-refractivity contribution in [3.63, 3.8) is 0 Å². The zero-order valence-corrected chi connectivity index (χ0v) is 17.3. The second kappa shape index (κ2) is 9.57. The minimum Gasteiger partial charge on any atom is -0.435 e. The first kappa shape index (κ1) is 21.5. The Morgan fingerprint density at radius 1 is 1.03 bits per heavy atom. The largest absolute Gasteiger partial charge is 0.435 e. The number of thioether (sulfide) groups is 1. The third-order valence-corrected chi connectivity index (χ3v) is 6.02. The maximum absolute atomic E-state index is 13.1. The molecule has 4 rings (SSSR count). The summed E-state index contributed by atoms with van der Waals surface area (Å²) in [6, 6.07) is 12.6. The van der Waals surface area contributed by atoms with Crippen molar-refractivity contribution in [1.29, 1.82) is 0 Å². The Hall–Kier alpha value is -2.78. The average molecular weight is 447 g/mol. The number of carbonyl (C=O) groups excluding carboxylic acids is 1. The number of aliphatic imine (C=N–C) groups is 1. The number of carbonyl (C=O) groups is 1. The van der Waals surface area contributed by atoms with Crippen LogP contribution in [-0.2, 0) is 11.3 Å². The van der Waals surface area contributed by atoms with E-state index in [-0.39, 0.29) is 17.5 Å². The van der Waals surface area contributed by atoms with E-state index < -0.39 is 6.61 Å². The zero-order chi connectivity index (χ0) is 21.8. The quantitative estimate of drug-likeness (QED) is 0.643. The summed E-state index contributed by atoms with van der Waals surface area (Å²) in [6.45, 7) is 0.998. The maximum Gasteiger partial charge on any atom is 0.387 e. The van der Waals surface area contributed by atoms with Crippen LogP contribution in [0.1, 0.15) is 11.1 Å². The molecule has 2 aromatic carbocycles. The Morgan fingerprint density at radius 3 is 2.35 bits per heavy atom. The highest BCUT2D eigenvalue weighted by atomic mass is 32.2. The van der Waals surface area contributed by atoms with Gasteiger partial charge in [-0.25, -0.2) is 4.39 Å². The van der Waals surface area contributed by atoms with Crippen LogP contribution in [0.25, 0.3) is 6.08 Å². The molecule has 0 atom stereocenters. The van der Waals surface area contributed by atoms with E-state index in [0.29, 0.717) is 15.6 Å². The molecule has 2 aliphatic rings. The number of nitrogens with zero attached hydrogens (tertiary/aromatic N) is 3. The summed E-state index contributed by atoms with van der Waals surface area (Å²) < 4.78 is 41.9. The van der Waals surface area contributed by atoms with E-state index in [9.17, 15) is 18.0 Å². The number of amidine groups is 1. The molecule has 9 heteroatoms. The van der Waals surface area contributed by atoms with Gasteiger partial charge < -0.3 is 9.64 Å². The monoisotopic (exact) mass is 447 g/mol. The van der Waals surface area contributed by atoms with Gasteiger partial charge in [-0.2, -0.15) is 13.8 Å². The van der Waals surface area contributed by atoms with E-state index in [2.05, 4.69) is 19.5 Å². The van der Waals surface area contributed by atoms with Gasteiger partial charge in [0.2, 0.25) is 0 Å². The van der Waals surface area contributed by atoms with Crippen molar-refractivity contribution in [3.8, 4) is 5.75 Å². The standard InChI is InChI=1S/C22H20F3N3O2S/c23-17-5-1-16(2-6-17)14-27-9-11-28(12-10-27)22-26-20(29)19(31-22)13-15-3-7-18(8-4-15)30-21(24)25/h1-8,13,21H,9-12,14H2/b19-13+. The average Bonchev–Trinajstić information content (AvgIpc) is 3.11. The van der Waals surface area contributed by atoms with E-state index in [1.54, 1.807) is 30.3 Å². The fraction of sp³-hybridized carbons (Fsp3) is 0.273. The van der Waals surface area contributed by atoms with Gasteiger partial charge in [-0.1, -0.05) is 24.3 Å². The summed E-state index contributed by atoms with van der Waals surface area (Å²) in [4.78, 5) is 21.4. The number of ether oxygens (including phenoxy) is 1. The summed E-state index contributed by atoms with van der Waals surface area (Å²) in [5, 5.41) is 0.676. The normalized spacial score (nSPS) is 18.7. The molecule has 2 aliphatic heterocycles. The minimum absolute atomic E-state index is 0.0676. The van der Waals surface area contributed by atoms with Gasteiger partial charge in [0.25, 0.3) is 5.91 Å². The van der Waals surface area contributed by atoms with Gasteiger partial charge in [-0.15, -0.1) is 0 Å².